The molecule has 0 bridgehead atoms. The molecule has 0 spiro atoms. The molecule has 0 N–H and O–H groups in total. The molecular formula is C20H19NOS. The average Bonchev–Trinajstić information content (AvgIpc) is 3.05. The molecule has 4 rings (SSSR count). The highest BCUT2D eigenvalue weighted by molar-refractivity contribution is 7.15. The van der Waals surface area contributed by atoms with E-state index in [0.29, 0.717) is 6.61 Å². The maximum Gasteiger partial charge on any atom is 0.123 e. The van der Waals surface area contributed by atoms with Gasteiger partial charge >= 0.3 is 0 Å². The molecule has 0 amide bonds. The van der Waals surface area contributed by atoms with Crippen molar-refractivity contribution in [3.05, 3.63) is 70.7 Å². The number of rotatable bonds is 4. The zero-order valence-corrected chi connectivity index (χ0v) is 13.8. The van der Waals surface area contributed by atoms with Crippen molar-refractivity contribution in [2.24, 2.45) is 0 Å². The van der Waals surface area contributed by atoms with Crippen LogP contribution in [0.3, 0.4) is 0 Å². The predicted molar refractivity (Wildman–Crippen MR) is 95.0 cm³/mol. The lowest BCUT2D eigenvalue weighted by Gasteiger charge is -2.06. The van der Waals surface area contributed by atoms with Gasteiger partial charge in [0.2, 0.25) is 0 Å². The summed E-state index contributed by atoms with van der Waals surface area (Å²) in [5, 5.41) is 1.14. The number of fused-ring (bicyclic) bond motifs is 1. The lowest BCUT2D eigenvalue weighted by molar-refractivity contribution is 0.306. The van der Waals surface area contributed by atoms with Crippen LogP contribution in [0.1, 0.15) is 29.0 Å². The molecule has 2 nitrogen and oxygen atoms in total. The largest absolute Gasteiger partial charge is 0.489 e. The summed E-state index contributed by atoms with van der Waals surface area (Å²) < 4.78 is 5.85. The van der Waals surface area contributed by atoms with Crippen LogP contribution in [0.4, 0.5) is 0 Å². The Bertz CT molecular complexity index is 754. The molecule has 0 unspecified atom stereocenters. The molecule has 2 aromatic carbocycles. The first-order valence-electron chi connectivity index (χ1n) is 8.14. The third-order valence-electron chi connectivity index (χ3n) is 4.20. The summed E-state index contributed by atoms with van der Waals surface area (Å²) in [7, 11) is 0. The molecule has 0 radical (unpaired) electrons. The van der Waals surface area contributed by atoms with Crippen molar-refractivity contribution in [3.63, 3.8) is 0 Å². The monoisotopic (exact) mass is 321 g/mol. The topological polar surface area (TPSA) is 22.1 Å². The molecule has 3 aromatic rings. The first-order valence-corrected chi connectivity index (χ1v) is 8.96. The minimum atomic E-state index is 0.603. The van der Waals surface area contributed by atoms with Gasteiger partial charge < -0.3 is 4.74 Å². The highest BCUT2D eigenvalue weighted by Gasteiger charge is 2.15. The summed E-state index contributed by atoms with van der Waals surface area (Å²) in [6.45, 7) is 0.603. The molecule has 1 heterocycles. The van der Waals surface area contributed by atoms with Crippen molar-refractivity contribution in [2.75, 3.05) is 0 Å². The zero-order valence-electron chi connectivity index (χ0n) is 13.0. The number of thiazole rings is 1. The van der Waals surface area contributed by atoms with Crippen molar-refractivity contribution in [3.8, 4) is 16.3 Å². The van der Waals surface area contributed by atoms with Crippen LogP contribution in [0.5, 0.6) is 5.75 Å². The number of hydrogen-bond donors (Lipinski definition) is 0. The fourth-order valence-corrected chi connectivity index (χ4v) is 4.07. The molecule has 0 atom stereocenters. The molecule has 0 saturated heterocycles. The number of hydrogen-bond acceptors (Lipinski definition) is 3. The molecule has 23 heavy (non-hydrogen) atoms. The van der Waals surface area contributed by atoms with Crippen molar-refractivity contribution >= 4 is 11.3 Å². The van der Waals surface area contributed by atoms with E-state index in [9.17, 15) is 0 Å². The Balaban J connectivity index is 1.46. The number of benzene rings is 2. The summed E-state index contributed by atoms with van der Waals surface area (Å²) in [4.78, 5) is 6.30. The van der Waals surface area contributed by atoms with Gasteiger partial charge in [0.05, 0.1) is 5.69 Å². The van der Waals surface area contributed by atoms with Crippen molar-refractivity contribution < 1.29 is 4.74 Å². The van der Waals surface area contributed by atoms with Crippen LogP contribution in [0.15, 0.2) is 54.6 Å². The maximum atomic E-state index is 5.85. The van der Waals surface area contributed by atoms with Gasteiger partial charge in [-0.15, -0.1) is 11.3 Å². The van der Waals surface area contributed by atoms with Crippen molar-refractivity contribution in [2.45, 2.75) is 32.3 Å². The Morgan fingerprint density at radius 3 is 2.48 bits per heavy atom. The molecule has 0 saturated carbocycles. The van der Waals surface area contributed by atoms with Gasteiger partial charge in [-0.25, -0.2) is 4.98 Å². The van der Waals surface area contributed by atoms with Crippen LogP contribution >= 0.6 is 11.3 Å². The summed E-state index contributed by atoms with van der Waals surface area (Å²) in [6, 6.07) is 18.6. The van der Waals surface area contributed by atoms with E-state index in [1.807, 2.05) is 41.7 Å². The highest BCUT2D eigenvalue weighted by atomic mass is 32.1. The van der Waals surface area contributed by atoms with E-state index in [0.717, 1.165) is 17.2 Å². The molecule has 0 aliphatic heterocycles. The SMILES string of the molecule is c1ccc(COc2ccc(-c3nc4c(s3)CCCC4)cc2)cc1. The lowest BCUT2D eigenvalue weighted by atomic mass is 10.0. The van der Waals surface area contributed by atoms with Gasteiger partial charge in [-0.1, -0.05) is 30.3 Å². The standard InChI is InChI=1S/C20H19NOS/c1-2-6-15(7-3-1)14-22-17-12-10-16(11-13-17)20-21-18-8-4-5-9-19(18)23-20/h1-3,6-7,10-13H,4-5,8-9,14H2. The van der Waals surface area contributed by atoms with Gasteiger partial charge in [-0.2, -0.15) is 0 Å². The third kappa shape index (κ3) is 3.30. The van der Waals surface area contributed by atoms with Crippen LogP contribution in [-0.4, -0.2) is 4.98 Å². The first-order chi connectivity index (χ1) is 11.4. The molecule has 1 aliphatic rings. The summed E-state index contributed by atoms with van der Waals surface area (Å²) in [5.41, 5.74) is 3.70. The molecule has 3 heteroatoms. The van der Waals surface area contributed by atoms with E-state index in [-0.39, 0.29) is 0 Å². The average molecular weight is 321 g/mol. The van der Waals surface area contributed by atoms with Gasteiger partial charge in [-0.3, -0.25) is 0 Å². The lowest BCUT2D eigenvalue weighted by Crippen LogP contribution is -1.98. The number of aromatic nitrogens is 1. The smallest absolute Gasteiger partial charge is 0.123 e. The van der Waals surface area contributed by atoms with Gasteiger partial charge in [0, 0.05) is 10.4 Å². The van der Waals surface area contributed by atoms with E-state index < -0.39 is 0 Å². The van der Waals surface area contributed by atoms with E-state index >= 15 is 0 Å². The molecule has 1 aliphatic carbocycles. The normalized spacial score (nSPS) is 13.6. The maximum absolute atomic E-state index is 5.85. The number of nitrogens with zero attached hydrogens (tertiary/aromatic N) is 1. The number of ether oxygens (including phenoxy) is 1. The van der Waals surface area contributed by atoms with Crippen LogP contribution in [-0.2, 0) is 19.4 Å². The first kappa shape index (κ1) is 14.5. The van der Waals surface area contributed by atoms with E-state index in [4.69, 9.17) is 9.72 Å². The van der Waals surface area contributed by atoms with Gasteiger partial charge in [0.15, 0.2) is 0 Å². The molecule has 1 aromatic heterocycles. The Hall–Kier alpha value is -2.13. The van der Waals surface area contributed by atoms with Crippen molar-refractivity contribution in [1.82, 2.24) is 4.98 Å². The second-order valence-electron chi connectivity index (χ2n) is 5.89. The minimum Gasteiger partial charge on any atom is -0.489 e. The third-order valence-corrected chi connectivity index (χ3v) is 5.40. The summed E-state index contributed by atoms with van der Waals surface area (Å²) in [5.74, 6) is 0.902. The number of aryl methyl sites for hydroxylation is 2. The van der Waals surface area contributed by atoms with Gasteiger partial charge in [0.25, 0.3) is 0 Å². The van der Waals surface area contributed by atoms with E-state index in [1.54, 1.807) is 0 Å². The van der Waals surface area contributed by atoms with Crippen LogP contribution in [0.25, 0.3) is 10.6 Å². The van der Waals surface area contributed by atoms with Gasteiger partial charge in [-0.05, 0) is 55.5 Å². The Morgan fingerprint density at radius 2 is 1.70 bits per heavy atom. The second-order valence-corrected chi connectivity index (χ2v) is 6.98. The zero-order chi connectivity index (χ0) is 15.5. The Morgan fingerprint density at radius 1 is 0.913 bits per heavy atom. The Kier molecular flexibility index (Phi) is 4.12. The highest BCUT2D eigenvalue weighted by Crippen LogP contribution is 2.33. The van der Waals surface area contributed by atoms with Crippen LogP contribution in [0, 0.1) is 0 Å². The quantitative estimate of drug-likeness (QED) is 0.653. The Labute approximate surface area is 140 Å². The molecular weight excluding hydrogens is 302 g/mol. The molecule has 116 valence electrons. The summed E-state index contributed by atoms with van der Waals surface area (Å²) >= 11 is 1.85. The fraction of sp³-hybridized carbons (Fsp3) is 0.250. The van der Waals surface area contributed by atoms with Crippen LogP contribution in [0.2, 0.25) is 0 Å². The predicted octanol–water partition coefficient (Wildman–Crippen LogP) is 5.27. The molecule has 0 fully saturated rings. The fourth-order valence-electron chi connectivity index (χ4n) is 2.91. The van der Waals surface area contributed by atoms with Crippen molar-refractivity contribution in [1.29, 1.82) is 0 Å². The van der Waals surface area contributed by atoms with E-state index in [1.165, 1.54) is 41.0 Å². The summed E-state index contributed by atoms with van der Waals surface area (Å²) in [6.07, 6.45) is 4.93. The second kappa shape index (κ2) is 6.55. The van der Waals surface area contributed by atoms with Crippen LogP contribution < -0.4 is 4.74 Å². The van der Waals surface area contributed by atoms with E-state index in [2.05, 4.69) is 24.3 Å². The van der Waals surface area contributed by atoms with Gasteiger partial charge in [0.1, 0.15) is 17.4 Å². The minimum absolute atomic E-state index is 0.603.